The Morgan fingerprint density at radius 1 is 1.04 bits per heavy atom. The lowest BCUT2D eigenvalue weighted by Gasteiger charge is -2.34. The summed E-state index contributed by atoms with van der Waals surface area (Å²) in [5.41, 5.74) is 1.28. The van der Waals surface area contributed by atoms with Gasteiger partial charge in [-0.2, -0.15) is 0 Å². The van der Waals surface area contributed by atoms with Crippen LogP contribution in [0.2, 0.25) is 5.02 Å². The number of benzene rings is 1. The summed E-state index contributed by atoms with van der Waals surface area (Å²) in [7, 11) is 0. The summed E-state index contributed by atoms with van der Waals surface area (Å²) >= 11 is 6.06. The van der Waals surface area contributed by atoms with E-state index in [9.17, 15) is 0 Å². The molecule has 0 amide bonds. The van der Waals surface area contributed by atoms with Crippen LogP contribution in [0.4, 0.5) is 0 Å². The van der Waals surface area contributed by atoms with Crippen molar-refractivity contribution in [2.75, 3.05) is 26.2 Å². The minimum atomic E-state index is 0.545. The van der Waals surface area contributed by atoms with Crippen molar-refractivity contribution in [3.8, 4) is 0 Å². The highest BCUT2D eigenvalue weighted by atomic mass is 35.5. The van der Waals surface area contributed by atoms with Crippen LogP contribution in [0.5, 0.6) is 0 Å². The number of halogens is 1. The van der Waals surface area contributed by atoms with E-state index in [1.165, 1.54) is 18.4 Å². The van der Waals surface area contributed by atoms with E-state index in [2.05, 4.69) is 37.5 Å². The van der Waals surface area contributed by atoms with Gasteiger partial charge in [0.1, 0.15) is 0 Å². The summed E-state index contributed by atoms with van der Waals surface area (Å²) in [6.07, 6.45) is 2.43. The van der Waals surface area contributed by atoms with Gasteiger partial charge in [0.25, 0.3) is 0 Å². The minimum absolute atomic E-state index is 0.545. The van der Waals surface area contributed by atoms with Crippen molar-refractivity contribution in [1.82, 2.24) is 30.0 Å². The van der Waals surface area contributed by atoms with Gasteiger partial charge in [0, 0.05) is 37.7 Å². The molecule has 0 spiro atoms. The molecular formula is C16H21ClN6. The van der Waals surface area contributed by atoms with Gasteiger partial charge in [-0.1, -0.05) is 23.7 Å². The first-order chi connectivity index (χ1) is 11.3. The molecule has 0 bridgehead atoms. The van der Waals surface area contributed by atoms with E-state index in [1.54, 1.807) is 0 Å². The first-order valence-electron chi connectivity index (χ1n) is 8.24. The van der Waals surface area contributed by atoms with E-state index >= 15 is 0 Å². The molecule has 4 rings (SSSR count). The highest BCUT2D eigenvalue weighted by Gasteiger charge is 2.28. The standard InChI is InChI=1S/C16H21ClN6/c17-14-3-1-2-13(10-14)11-21-6-8-22(9-7-21)12-16-18-19-20-23(16)15-4-5-15/h1-3,10,15H,4-9,11-12H2. The first kappa shape index (κ1) is 15.1. The Balaban J connectivity index is 1.29. The van der Waals surface area contributed by atoms with Crippen LogP contribution < -0.4 is 0 Å². The van der Waals surface area contributed by atoms with Crippen LogP contribution >= 0.6 is 11.6 Å². The second-order valence-electron chi connectivity index (χ2n) is 6.45. The van der Waals surface area contributed by atoms with E-state index in [-0.39, 0.29) is 0 Å². The predicted molar refractivity (Wildman–Crippen MR) is 88.1 cm³/mol. The number of nitrogens with zero attached hydrogens (tertiary/aromatic N) is 6. The van der Waals surface area contributed by atoms with E-state index in [4.69, 9.17) is 11.6 Å². The maximum atomic E-state index is 6.06. The molecule has 1 aliphatic carbocycles. The van der Waals surface area contributed by atoms with Gasteiger partial charge < -0.3 is 0 Å². The molecule has 122 valence electrons. The Morgan fingerprint density at radius 2 is 1.78 bits per heavy atom. The zero-order chi connectivity index (χ0) is 15.6. The second-order valence-corrected chi connectivity index (χ2v) is 6.89. The van der Waals surface area contributed by atoms with Crippen molar-refractivity contribution >= 4 is 11.6 Å². The molecule has 0 atom stereocenters. The quantitative estimate of drug-likeness (QED) is 0.838. The summed E-state index contributed by atoms with van der Waals surface area (Å²) in [6, 6.07) is 8.68. The van der Waals surface area contributed by atoms with Crippen LogP contribution in [0, 0.1) is 0 Å². The van der Waals surface area contributed by atoms with Gasteiger partial charge in [0.15, 0.2) is 5.82 Å². The molecule has 6 nitrogen and oxygen atoms in total. The Morgan fingerprint density at radius 3 is 2.48 bits per heavy atom. The van der Waals surface area contributed by atoms with E-state index in [0.717, 1.165) is 50.1 Å². The highest BCUT2D eigenvalue weighted by molar-refractivity contribution is 6.30. The van der Waals surface area contributed by atoms with Crippen molar-refractivity contribution < 1.29 is 0 Å². The number of aromatic nitrogens is 4. The summed E-state index contributed by atoms with van der Waals surface area (Å²) in [5, 5.41) is 13.0. The zero-order valence-corrected chi connectivity index (χ0v) is 13.9. The lowest BCUT2D eigenvalue weighted by Crippen LogP contribution is -2.45. The van der Waals surface area contributed by atoms with Gasteiger partial charge in [-0.05, 0) is 41.0 Å². The van der Waals surface area contributed by atoms with Crippen molar-refractivity contribution in [1.29, 1.82) is 0 Å². The molecule has 2 heterocycles. The molecule has 0 unspecified atom stereocenters. The van der Waals surface area contributed by atoms with Crippen molar-refractivity contribution in [2.45, 2.75) is 32.0 Å². The van der Waals surface area contributed by atoms with Crippen LogP contribution in [0.25, 0.3) is 0 Å². The normalized spacial score (nSPS) is 20.0. The van der Waals surface area contributed by atoms with Gasteiger partial charge in [-0.15, -0.1) is 5.10 Å². The number of hydrogen-bond acceptors (Lipinski definition) is 5. The van der Waals surface area contributed by atoms with E-state index < -0.39 is 0 Å². The molecule has 2 aromatic rings. The molecule has 2 aliphatic rings. The summed E-state index contributed by atoms with van der Waals surface area (Å²) < 4.78 is 2.01. The average Bonchev–Trinajstić information content (AvgIpc) is 3.29. The van der Waals surface area contributed by atoms with Crippen LogP contribution in [0.3, 0.4) is 0 Å². The number of piperazine rings is 1. The molecule has 0 N–H and O–H groups in total. The van der Waals surface area contributed by atoms with Crippen molar-refractivity contribution in [2.24, 2.45) is 0 Å². The summed E-state index contributed by atoms with van der Waals surface area (Å²) in [6.45, 7) is 6.06. The lowest BCUT2D eigenvalue weighted by atomic mass is 10.2. The molecule has 0 radical (unpaired) electrons. The topological polar surface area (TPSA) is 50.1 Å². The predicted octanol–water partition coefficient (Wildman–Crippen LogP) is 1.98. The molecule has 1 aliphatic heterocycles. The Labute approximate surface area is 141 Å². The third kappa shape index (κ3) is 3.71. The monoisotopic (exact) mass is 332 g/mol. The third-order valence-corrected chi connectivity index (χ3v) is 4.81. The fraction of sp³-hybridized carbons (Fsp3) is 0.562. The third-order valence-electron chi connectivity index (χ3n) is 4.58. The Hall–Kier alpha value is -1.50. The van der Waals surface area contributed by atoms with Gasteiger partial charge in [-0.3, -0.25) is 9.80 Å². The number of hydrogen-bond donors (Lipinski definition) is 0. The fourth-order valence-electron chi connectivity index (χ4n) is 3.12. The van der Waals surface area contributed by atoms with Gasteiger partial charge in [0.2, 0.25) is 0 Å². The van der Waals surface area contributed by atoms with Crippen LogP contribution in [-0.4, -0.2) is 56.2 Å². The molecule has 23 heavy (non-hydrogen) atoms. The van der Waals surface area contributed by atoms with Gasteiger partial charge >= 0.3 is 0 Å². The first-order valence-corrected chi connectivity index (χ1v) is 8.61. The highest BCUT2D eigenvalue weighted by Crippen LogP contribution is 2.34. The molecule has 1 aromatic carbocycles. The average molecular weight is 333 g/mol. The zero-order valence-electron chi connectivity index (χ0n) is 13.1. The molecule has 1 aromatic heterocycles. The van der Waals surface area contributed by atoms with Gasteiger partial charge in [0.05, 0.1) is 12.6 Å². The summed E-state index contributed by atoms with van der Waals surface area (Å²) in [5.74, 6) is 1.01. The number of rotatable bonds is 5. The second kappa shape index (κ2) is 6.55. The molecule has 1 saturated heterocycles. The SMILES string of the molecule is Clc1cccc(CN2CCN(Cc3nnnn3C3CC3)CC2)c1. The molecule has 1 saturated carbocycles. The van der Waals surface area contributed by atoms with Crippen molar-refractivity contribution in [3.63, 3.8) is 0 Å². The van der Waals surface area contributed by atoms with Crippen molar-refractivity contribution in [3.05, 3.63) is 40.7 Å². The largest absolute Gasteiger partial charge is 0.297 e. The van der Waals surface area contributed by atoms with Gasteiger partial charge in [-0.25, -0.2) is 4.68 Å². The maximum Gasteiger partial charge on any atom is 0.165 e. The fourth-order valence-corrected chi connectivity index (χ4v) is 3.33. The number of tetrazole rings is 1. The van der Waals surface area contributed by atoms with E-state index in [1.807, 2.05) is 16.8 Å². The van der Waals surface area contributed by atoms with E-state index in [0.29, 0.717) is 6.04 Å². The summed E-state index contributed by atoms with van der Waals surface area (Å²) in [4.78, 5) is 4.92. The minimum Gasteiger partial charge on any atom is -0.297 e. The maximum absolute atomic E-state index is 6.06. The Bertz CT molecular complexity index is 660. The molecule has 2 fully saturated rings. The smallest absolute Gasteiger partial charge is 0.165 e. The Kier molecular flexibility index (Phi) is 4.29. The molecular weight excluding hydrogens is 312 g/mol. The lowest BCUT2D eigenvalue weighted by molar-refractivity contribution is 0.118. The molecule has 7 heteroatoms. The van der Waals surface area contributed by atoms with Crippen LogP contribution in [0.15, 0.2) is 24.3 Å². The van der Waals surface area contributed by atoms with Crippen LogP contribution in [-0.2, 0) is 13.1 Å². The van der Waals surface area contributed by atoms with Crippen LogP contribution in [0.1, 0.15) is 30.3 Å².